The average Bonchev–Trinajstić information content (AvgIpc) is 3.32. The fourth-order valence-electron chi connectivity index (χ4n) is 5.32. The van der Waals surface area contributed by atoms with Crippen molar-refractivity contribution in [3.05, 3.63) is 89.0 Å². The number of nitrogens with zero attached hydrogens (tertiary/aromatic N) is 8. The lowest BCUT2D eigenvalue weighted by Crippen LogP contribution is -2.44. The van der Waals surface area contributed by atoms with E-state index in [0.717, 1.165) is 54.0 Å². The fraction of sp³-hybridized carbons (Fsp3) is 0.207. The Balaban J connectivity index is 1.29. The molecule has 7 rings (SSSR count). The topological polar surface area (TPSA) is 117 Å². The molecule has 2 N–H and O–H groups in total. The smallest absolute Gasteiger partial charge is 0.284 e. The maximum Gasteiger partial charge on any atom is 0.284 e. The minimum atomic E-state index is -0.285. The molecule has 5 heterocycles. The van der Waals surface area contributed by atoms with Gasteiger partial charge in [-0.15, -0.1) is 0 Å². The second-order valence-electron chi connectivity index (χ2n) is 9.92. The number of rotatable bonds is 5. The van der Waals surface area contributed by atoms with Crippen LogP contribution in [-0.2, 0) is 6.61 Å². The number of aliphatic hydroxyl groups excluding tert-OH is 1. The minimum Gasteiger partial charge on any atom is -0.392 e. The predicted molar refractivity (Wildman–Crippen MR) is 155 cm³/mol. The second kappa shape index (κ2) is 9.70. The second-order valence-corrected chi connectivity index (χ2v) is 9.92. The summed E-state index contributed by atoms with van der Waals surface area (Å²) in [5.74, 6) is 0.921. The van der Waals surface area contributed by atoms with Crippen LogP contribution >= 0.6 is 0 Å². The van der Waals surface area contributed by atoms with Crippen LogP contribution in [0.1, 0.15) is 5.56 Å². The zero-order chi connectivity index (χ0) is 27.2. The Morgan fingerprint density at radius 2 is 1.75 bits per heavy atom. The molecule has 11 heteroatoms. The highest BCUT2D eigenvalue weighted by atomic mass is 16.3. The molecule has 11 nitrogen and oxygen atoms in total. The third-order valence-electron chi connectivity index (χ3n) is 7.39. The van der Waals surface area contributed by atoms with Gasteiger partial charge >= 0.3 is 0 Å². The first-order valence-electron chi connectivity index (χ1n) is 13.2. The summed E-state index contributed by atoms with van der Waals surface area (Å²) in [6.45, 7) is 3.71. The third-order valence-corrected chi connectivity index (χ3v) is 7.39. The van der Waals surface area contributed by atoms with E-state index in [1.165, 1.54) is 10.7 Å². The molecule has 1 saturated heterocycles. The van der Waals surface area contributed by atoms with E-state index >= 15 is 0 Å². The van der Waals surface area contributed by atoms with Crippen molar-refractivity contribution in [1.29, 1.82) is 0 Å². The Morgan fingerprint density at radius 3 is 2.55 bits per heavy atom. The Bertz CT molecular complexity index is 1930. The summed E-state index contributed by atoms with van der Waals surface area (Å²) in [6, 6.07) is 19.1. The molecule has 0 saturated carbocycles. The van der Waals surface area contributed by atoms with Gasteiger partial charge in [0, 0.05) is 60.9 Å². The minimum absolute atomic E-state index is 0.0770. The molecule has 200 valence electrons. The summed E-state index contributed by atoms with van der Waals surface area (Å²) in [5, 5.41) is 14.4. The van der Waals surface area contributed by atoms with E-state index in [0.29, 0.717) is 28.4 Å². The van der Waals surface area contributed by atoms with Gasteiger partial charge in [-0.05, 0) is 49.5 Å². The van der Waals surface area contributed by atoms with E-state index in [2.05, 4.69) is 37.1 Å². The Morgan fingerprint density at radius 1 is 0.925 bits per heavy atom. The molecule has 6 aromatic rings. The van der Waals surface area contributed by atoms with E-state index in [9.17, 15) is 9.90 Å². The van der Waals surface area contributed by atoms with Crippen LogP contribution in [0.4, 0.5) is 17.3 Å². The fourth-order valence-corrected chi connectivity index (χ4v) is 5.32. The predicted octanol–water partition coefficient (Wildman–Crippen LogP) is 2.96. The molecule has 0 amide bonds. The van der Waals surface area contributed by atoms with Crippen molar-refractivity contribution in [2.45, 2.75) is 6.61 Å². The van der Waals surface area contributed by atoms with Gasteiger partial charge in [-0.2, -0.15) is 9.50 Å². The van der Waals surface area contributed by atoms with Crippen molar-refractivity contribution in [2.24, 2.45) is 0 Å². The van der Waals surface area contributed by atoms with Gasteiger partial charge < -0.3 is 20.2 Å². The first kappa shape index (κ1) is 24.2. The first-order valence-corrected chi connectivity index (χ1v) is 13.2. The summed E-state index contributed by atoms with van der Waals surface area (Å²) in [4.78, 5) is 36.6. The summed E-state index contributed by atoms with van der Waals surface area (Å²) in [6.07, 6.45) is 3.19. The number of piperazine rings is 1. The molecule has 4 aromatic heterocycles. The summed E-state index contributed by atoms with van der Waals surface area (Å²) in [7, 11) is 2.12. The van der Waals surface area contributed by atoms with Gasteiger partial charge in [0.1, 0.15) is 5.39 Å². The number of hydrogen-bond acceptors (Lipinski definition) is 9. The van der Waals surface area contributed by atoms with Gasteiger partial charge in [0.25, 0.3) is 5.56 Å². The van der Waals surface area contributed by atoms with Crippen LogP contribution in [0, 0.1) is 0 Å². The van der Waals surface area contributed by atoms with Gasteiger partial charge in [0.15, 0.2) is 17.1 Å². The lowest BCUT2D eigenvalue weighted by molar-refractivity contribution is 0.280. The standard InChI is InChI=1S/C29H27N9O2/c1-35-12-14-36(15-13-35)23-10-9-20(16-19(23)18-39)32-29-31-17-22-26(34-29)33-27-21-6-2-3-7-24(21)37(38(27)28(22)40)25-8-4-5-11-30-25/h2-11,16-17,39H,12-15,18H2,1H3,(H,31,32,34). The summed E-state index contributed by atoms with van der Waals surface area (Å²) >= 11 is 0. The highest BCUT2D eigenvalue weighted by Gasteiger charge is 2.20. The Labute approximate surface area is 229 Å². The zero-order valence-electron chi connectivity index (χ0n) is 21.9. The molecule has 0 aliphatic carbocycles. The van der Waals surface area contributed by atoms with E-state index in [4.69, 9.17) is 4.98 Å². The molecule has 0 spiro atoms. The molecule has 0 radical (unpaired) electrons. The molecular weight excluding hydrogens is 506 g/mol. The number of para-hydroxylation sites is 1. The molecule has 0 bridgehead atoms. The van der Waals surface area contributed by atoms with Crippen LogP contribution in [0.15, 0.2) is 77.9 Å². The Kier molecular flexibility index (Phi) is 5.87. The van der Waals surface area contributed by atoms with E-state index < -0.39 is 0 Å². The molecule has 1 fully saturated rings. The van der Waals surface area contributed by atoms with Crippen molar-refractivity contribution >= 4 is 44.9 Å². The van der Waals surface area contributed by atoms with Crippen molar-refractivity contribution in [3.8, 4) is 5.82 Å². The molecule has 40 heavy (non-hydrogen) atoms. The van der Waals surface area contributed by atoms with Crippen LogP contribution in [0.25, 0.3) is 33.4 Å². The van der Waals surface area contributed by atoms with Crippen LogP contribution in [-0.4, -0.2) is 72.4 Å². The van der Waals surface area contributed by atoms with E-state index in [-0.39, 0.29) is 12.2 Å². The molecule has 1 aliphatic heterocycles. The van der Waals surface area contributed by atoms with Crippen LogP contribution in [0.2, 0.25) is 0 Å². The summed E-state index contributed by atoms with van der Waals surface area (Å²) in [5.41, 5.74) is 3.91. The molecule has 0 atom stereocenters. The molecule has 1 aliphatic rings. The van der Waals surface area contributed by atoms with E-state index in [1.54, 1.807) is 10.9 Å². The van der Waals surface area contributed by atoms with Crippen molar-refractivity contribution in [3.63, 3.8) is 0 Å². The van der Waals surface area contributed by atoms with Gasteiger partial charge in [-0.1, -0.05) is 18.2 Å². The largest absolute Gasteiger partial charge is 0.392 e. The lowest BCUT2D eigenvalue weighted by atomic mass is 10.1. The number of aliphatic hydroxyl groups is 1. The van der Waals surface area contributed by atoms with Crippen LogP contribution in [0.3, 0.4) is 0 Å². The lowest BCUT2D eigenvalue weighted by Gasteiger charge is -2.35. The van der Waals surface area contributed by atoms with Gasteiger partial charge in [0.2, 0.25) is 5.95 Å². The third kappa shape index (κ3) is 4.03. The number of hydrogen-bond donors (Lipinski definition) is 2. The zero-order valence-corrected chi connectivity index (χ0v) is 21.9. The number of anilines is 3. The van der Waals surface area contributed by atoms with Crippen LogP contribution in [0.5, 0.6) is 0 Å². The van der Waals surface area contributed by atoms with Crippen molar-refractivity contribution < 1.29 is 5.11 Å². The number of nitrogens with one attached hydrogen (secondary N) is 1. The summed E-state index contributed by atoms with van der Waals surface area (Å²) < 4.78 is 3.29. The highest BCUT2D eigenvalue weighted by molar-refractivity contribution is 5.95. The molecule has 2 aromatic carbocycles. The van der Waals surface area contributed by atoms with E-state index in [1.807, 2.05) is 60.7 Å². The number of likely N-dealkylation sites (N-methyl/N-ethyl adjacent to an activating group) is 1. The van der Waals surface area contributed by atoms with Crippen molar-refractivity contribution in [2.75, 3.05) is 43.4 Å². The molecular formula is C29H27N9O2. The van der Waals surface area contributed by atoms with Crippen molar-refractivity contribution in [1.82, 2.24) is 34.0 Å². The van der Waals surface area contributed by atoms with Gasteiger partial charge in [-0.25, -0.2) is 19.6 Å². The number of fused-ring (bicyclic) bond motifs is 4. The number of pyridine rings is 1. The highest BCUT2D eigenvalue weighted by Crippen LogP contribution is 2.28. The average molecular weight is 534 g/mol. The number of aromatic nitrogens is 6. The van der Waals surface area contributed by atoms with Crippen LogP contribution < -0.4 is 15.8 Å². The maximum atomic E-state index is 13.8. The number of benzene rings is 2. The normalized spacial score (nSPS) is 14.4. The molecule has 0 unspecified atom stereocenters. The Hall–Kier alpha value is -4.87. The SMILES string of the molecule is CN1CCN(c2ccc(Nc3ncc4c(=O)n5c(nc4n3)c3ccccc3n5-c3ccccn3)cc2CO)CC1. The first-order chi connectivity index (χ1) is 19.6. The monoisotopic (exact) mass is 533 g/mol. The van der Waals surface area contributed by atoms with Gasteiger partial charge in [-0.3, -0.25) is 4.79 Å². The maximum absolute atomic E-state index is 13.8. The van der Waals surface area contributed by atoms with Gasteiger partial charge in [0.05, 0.1) is 12.1 Å². The quantitative estimate of drug-likeness (QED) is 0.345.